The van der Waals surface area contributed by atoms with Gasteiger partial charge in [-0.1, -0.05) is 41.4 Å². The minimum absolute atomic E-state index is 0.213. The Morgan fingerprint density at radius 3 is 2.57 bits per heavy atom. The van der Waals surface area contributed by atoms with Crippen LogP contribution >= 0.6 is 23.2 Å². The van der Waals surface area contributed by atoms with Crippen LogP contribution in [-0.4, -0.2) is 42.6 Å². The van der Waals surface area contributed by atoms with Crippen molar-refractivity contribution in [3.63, 3.8) is 0 Å². The lowest BCUT2D eigenvalue weighted by molar-refractivity contribution is -0.116. The normalized spacial score (nSPS) is 17.4. The molecule has 0 radical (unpaired) electrons. The van der Waals surface area contributed by atoms with Crippen LogP contribution in [0.3, 0.4) is 0 Å². The molecule has 1 aliphatic rings. The maximum atomic E-state index is 12.9. The van der Waals surface area contributed by atoms with E-state index in [4.69, 9.17) is 23.2 Å². The van der Waals surface area contributed by atoms with Crippen molar-refractivity contribution in [1.29, 1.82) is 0 Å². The number of halogens is 2. The second-order valence-corrected chi connectivity index (χ2v) is 9.46. The number of nitrogens with one attached hydrogen (secondary N) is 1. The molecule has 0 atom stereocenters. The summed E-state index contributed by atoms with van der Waals surface area (Å²) in [5, 5.41) is 3.65. The number of amides is 1. The lowest BCUT2D eigenvalue weighted by Gasteiger charge is -2.34. The monoisotopic (exact) mass is 441 g/mol. The molecule has 6 nitrogen and oxygen atoms in total. The maximum Gasteiger partial charge on any atom is 0.282 e. The van der Waals surface area contributed by atoms with E-state index in [2.05, 4.69) is 5.32 Å². The first kappa shape index (κ1) is 21.1. The van der Waals surface area contributed by atoms with Gasteiger partial charge in [0.25, 0.3) is 10.2 Å². The molecule has 1 fully saturated rings. The zero-order valence-electron chi connectivity index (χ0n) is 15.4. The van der Waals surface area contributed by atoms with Crippen LogP contribution in [0.4, 0.5) is 5.69 Å². The van der Waals surface area contributed by atoms with E-state index in [0.29, 0.717) is 35.2 Å². The number of hydrogen-bond donors (Lipinski definition) is 1. The Kier molecular flexibility index (Phi) is 6.62. The van der Waals surface area contributed by atoms with Crippen LogP contribution in [0.25, 0.3) is 0 Å². The summed E-state index contributed by atoms with van der Waals surface area (Å²) < 4.78 is 28.4. The molecule has 9 heteroatoms. The predicted octanol–water partition coefficient (Wildman–Crippen LogP) is 3.69. The number of carbonyl (C=O) groups excluding carboxylic acids is 1. The van der Waals surface area contributed by atoms with Crippen LogP contribution in [0, 0.1) is 6.92 Å². The number of aryl methyl sites for hydroxylation is 1. The summed E-state index contributed by atoms with van der Waals surface area (Å²) in [6, 6.07) is 12.3. The van der Waals surface area contributed by atoms with Crippen molar-refractivity contribution in [2.45, 2.75) is 19.9 Å². The Balaban J connectivity index is 1.68. The maximum absolute atomic E-state index is 12.9. The molecule has 2 aromatic rings. The van der Waals surface area contributed by atoms with E-state index < -0.39 is 16.1 Å². The number of hydrogen-bond acceptors (Lipinski definition) is 3. The first-order valence-electron chi connectivity index (χ1n) is 8.81. The molecule has 0 bridgehead atoms. The minimum Gasteiger partial charge on any atom is -0.324 e. The van der Waals surface area contributed by atoms with Crippen LogP contribution < -0.4 is 5.32 Å². The average molecular weight is 442 g/mol. The van der Waals surface area contributed by atoms with Gasteiger partial charge in [-0.15, -0.1) is 0 Å². The quantitative estimate of drug-likeness (QED) is 0.768. The largest absolute Gasteiger partial charge is 0.324 e. The molecule has 1 saturated heterocycles. The molecule has 0 unspecified atom stereocenters. The number of carbonyl (C=O) groups is 1. The molecule has 0 saturated carbocycles. The lowest BCUT2D eigenvalue weighted by Crippen LogP contribution is -2.51. The molecule has 150 valence electrons. The van der Waals surface area contributed by atoms with Gasteiger partial charge < -0.3 is 5.32 Å². The summed E-state index contributed by atoms with van der Waals surface area (Å²) in [5.74, 6) is -0.432. The van der Waals surface area contributed by atoms with E-state index in [0.717, 1.165) is 11.1 Å². The molecule has 2 aromatic carbocycles. The van der Waals surface area contributed by atoms with Crippen molar-refractivity contribution in [3.05, 3.63) is 63.6 Å². The summed E-state index contributed by atoms with van der Waals surface area (Å²) in [6.07, 6.45) is 0.637. The number of benzene rings is 2. The van der Waals surface area contributed by atoms with Gasteiger partial charge in [-0.3, -0.25) is 4.79 Å². The highest BCUT2D eigenvalue weighted by atomic mass is 35.5. The Morgan fingerprint density at radius 2 is 1.86 bits per heavy atom. The zero-order chi connectivity index (χ0) is 20.3. The van der Waals surface area contributed by atoms with E-state index in [1.54, 1.807) is 30.3 Å². The second-order valence-electron chi connectivity index (χ2n) is 6.69. The third-order valence-corrected chi connectivity index (χ3v) is 6.91. The summed E-state index contributed by atoms with van der Waals surface area (Å²) in [6.45, 7) is 2.54. The van der Waals surface area contributed by atoms with Gasteiger partial charge in [0.15, 0.2) is 0 Å². The van der Waals surface area contributed by atoms with E-state index in [-0.39, 0.29) is 13.1 Å². The van der Waals surface area contributed by atoms with Crippen molar-refractivity contribution >= 4 is 45.0 Å². The fourth-order valence-electron chi connectivity index (χ4n) is 3.05. The Labute approximate surface area is 175 Å². The first-order valence-corrected chi connectivity index (χ1v) is 11.0. The summed E-state index contributed by atoms with van der Waals surface area (Å²) >= 11 is 12.1. The Hall–Kier alpha value is -1.64. The molecule has 0 spiro atoms. The van der Waals surface area contributed by atoms with Gasteiger partial charge in [-0.2, -0.15) is 17.0 Å². The number of anilines is 1. The van der Waals surface area contributed by atoms with Crippen LogP contribution in [0.1, 0.15) is 17.5 Å². The van der Waals surface area contributed by atoms with Crippen LogP contribution in [-0.2, 0) is 21.5 Å². The lowest BCUT2D eigenvalue weighted by atomic mass is 10.2. The van der Waals surface area contributed by atoms with Crippen molar-refractivity contribution in [3.8, 4) is 0 Å². The Morgan fingerprint density at radius 1 is 1.11 bits per heavy atom. The topological polar surface area (TPSA) is 69.7 Å². The van der Waals surface area contributed by atoms with Crippen LogP contribution in [0.2, 0.25) is 10.0 Å². The van der Waals surface area contributed by atoms with Crippen LogP contribution in [0.5, 0.6) is 0 Å². The van der Waals surface area contributed by atoms with Gasteiger partial charge in [0, 0.05) is 24.7 Å². The molecule has 1 aliphatic heterocycles. The van der Waals surface area contributed by atoms with Crippen molar-refractivity contribution < 1.29 is 13.2 Å². The third kappa shape index (κ3) is 5.04. The standard InChI is InChI=1S/C19H21Cl2N3O3S/c1-14-6-7-18(17(21)10-14)22-19(25)13-24-9-3-8-23(28(24,26)27)12-15-4-2-5-16(20)11-15/h2,4-7,10-11H,3,8-9,12-13H2,1H3,(H,22,25). The first-order chi connectivity index (χ1) is 13.3. The third-order valence-electron chi connectivity index (χ3n) is 4.43. The number of nitrogens with zero attached hydrogens (tertiary/aromatic N) is 2. The van der Waals surface area contributed by atoms with E-state index in [1.807, 2.05) is 19.1 Å². The smallest absolute Gasteiger partial charge is 0.282 e. The molecule has 0 aromatic heterocycles. The summed E-state index contributed by atoms with van der Waals surface area (Å²) in [5.41, 5.74) is 2.23. The molecule has 1 amide bonds. The van der Waals surface area contributed by atoms with Gasteiger partial charge in [0.05, 0.1) is 17.3 Å². The predicted molar refractivity (Wildman–Crippen MR) is 112 cm³/mol. The van der Waals surface area contributed by atoms with Gasteiger partial charge >= 0.3 is 0 Å². The highest BCUT2D eigenvalue weighted by Crippen LogP contribution is 2.24. The summed E-state index contributed by atoms with van der Waals surface area (Å²) in [4.78, 5) is 12.4. The molecule has 28 heavy (non-hydrogen) atoms. The second kappa shape index (κ2) is 8.80. The van der Waals surface area contributed by atoms with Crippen molar-refractivity contribution in [2.75, 3.05) is 25.0 Å². The van der Waals surface area contributed by atoms with Crippen LogP contribution in [0.15, 0.2) is 42.5 Å². The van der Waals surface area contributed by atoms with Gasteiger partial charge in [-0.25, -0.2) is 0 Å². The fraction of sp³-hybridized carbons (Fsp3) is 0.316. The molecular weight excluding hydrogens is 421 g/mol. The fourth-order valence-corrected chi connectivity index (χ4v) is 5.18. The minimum atomic E-state index is -3.75. The zero-order valence-corrected chi connectivity index (χ0v) is 17.7. The van der Waals surface area contributed by atoms with Gasteiger partial charge in [-0.05, 0) is 48.7 Å². The SMILES string of the molecule is Cc1ccc(NC(=O)CN2CCCN(Cc3cccc(Cl)c3)S2(=O)=O)c(Cl)c1. The average Bonchev–Trinajstić information content (AvgIpc) is 2.61. The molecule has 3 rings (SSSR count). The van der Waals surface area contributed by atoms with Gasteiger partial charge in [0.2, 0.25) is 5.91 Å². The van der Waals surface area contributed by atoms with E-state index in [9.17, 15) is 13.2 Å². The Bertz CT molecular complexity index is 982. The van der Waals surface area contributed by atoms with E-state index in [1.165, 1.54) is 8.61 Å². The van der Waals surface area contributed by atoms with Crippen molar-refractivity contribution in [2.24, 2.45) is 0 Å². The number of rotatable bonds is 5. The van der Waals surface area contributed by atoms with Gasteiger partial charge in [0.1, 0.15) is 0 Å². The van der Waals surface area contributed by atoms with Crippen molar-refractivity contribution in [1.82, 2.24) is 8.61 Å². The molecular formula is C19H21Cl2N3O3S. The molecule has 0 aliphatic carbocycles. The molecule has 1 heterocycles. The summed E-state index contributed by atoms with van der Waals surface area (Å²) in [7, 11) is -3.75. The highest BCUT2D eigenvalue weighted by Gasteiger charge is 2.34. The van der Waals surface area contributed by atoms with E-state index >= 15 is 0 Å². The molecule has 1 N–H and O–H groups in total. The highest BCUT2D eigenvalue weighted by molar-refractivity contribution is 7.86.